The van der Waals surface area contributed by atoms with E-state index in [2.05, 4.69) is 15.5 Å². The van der Waals surface area contributed by atoms with E-state index in [0.717, 1.165) is 24.9 Å². The fraction of sp³-hybridized carbons (Fsp3) is 0.417. The number of benzene rings is 2. The van der Waals surface area contributed by atoms with E-state index < -0.39 is 0 Å². The van der Waals surface area contributed by atoms with Crippen molar-refractivity contribution in [1.29, 1.82) is 0 Å². The third-order valence-corrected chi connectivity index (χ3v) is 5.95. The van der Waals surface area contributed by atoms with Gasteiger partial charge in [0.1, 0.15) is 0 Å². The highest BCUT2D eigenvalue weighted by Crippen LogP contribution is 2.28. The molecule has 2 amide bonds. The monoisotopic (exact) mass is 461 g/mol. The number of piperidine rings is 1. The smallest absolute Gasteiger partial charge is 0.253 e. The number of nitrogens with one attached hydrogen (secondary N) is 2. The predicted octanol–water partition coefficient (Wildman–Crippen LogP) is 5.37. The fourth-order valence-corrected chi connectivity index (χ4v) is 4.27. The number of para-hydroxylation sites is 1. The van der Waals surface area contributed by atoms with Crippen molar-refractivity contribution in [3.8, 4) is 0 Å². The summed E-state index contributed by atoms with van der Waals surface area (Å²) in [5, 5.41) is 7.20. The zero-order valence-electron chi connectivity index (χ0n) is 18.2. The van der Waals surface area contributed by atoms with Crippen LogP contribution in [0, 0.1) is 5.92 Å². The molecule has 0 radical (unpaired) electrons. The van der Waals surface area contributed by atoms with Crippen molar-refractivity contribution in [1.82, 2.24) is 10.2 Å². The molecular weight excluding hydrogens is 433 g/mol. The average molecular weight is 462 g/mol. The van der Waals surface area contributed by atoms with Gasteiger partial charge in [-0.2, -0.15) is 0 Å². The van der Waals surface area contributed by atoms with Crippen LogP contribution < -0.4 is 10.6 Å². The first-order valence-electron chi connectivity index (χ1n) is 10.5. The van der Waals surface area contributed by atoms with Crippen LogP contribution in [0.4, 0.5) is 5.69 Å². The number of rotatable bonds is 5. The quantitative estimate of drug-likeness (QED) is 0.628. The second-order valence-electron chi connectivity index (χ2n) is 9.01. The largest absolute Gasteiger partial charge is 0.347 e. The Morgan fingerprint density at radius 1 is 1.06 bits per heavy atom. The molecule has 2 aromatic rings. The van der Waals surface area contributed by atoms with Crippen molar-refractivity contribution in [2.75, 3.05) is 18.4 Å². The Hall–Kier alpha value is -2.08. The molecule has 31 heavy (non-hydrogen) atoms. The lowest BCUT2D eigenvalue weighted by molar-refractivity contribution is -0.121. The Kier molecular flexibility index (Phi) is 7.63. The molecule has 0 aromatic heterocycles. The second-order valence-corrected chi connectivity index (χ2v) is 9.83. The first-order valence-corrected chi connectivity index (χ1v) is 11.3. The van der Waals surface area contributed by atoms with Crippen LogP contribution in [-0.4, -0.2) is 35.3 Å². The van der Waals surface area contributed by atoms with Crippen molar-refractivity contribution in [2.24, 2.45) is 5.92 Å². The summed E-state index contributed by atoms with van der Waals surface area (Å²) >= 11 is 12.6. The van der Waals surface area contributed by atoms with Crippen molar-refractivity contribution in [3.05, 3.63) is 63.6 Å². The zero-order valence-corrected chi connectivity index (χ0v) is 19.7. The van der Waals surface area contributed by atoms with Gasteiger partial charge in [0.2, 0.25) is 5.91 Å². The minimum absolute atomic E-state index is 0.0778. The topological polar surface area (TPSA) is 61.4 Å². The number of hydrogen-bond acceptors (Lipinski definition) is 3. The lowest BCUT2D eigenvalue weighted by atomic mass is 9.96. The van der Waals surface area contributed by atoms with Crippen LogP contribution in [0.15, 0.2) is 42.5 Å². The Morgan fingerprint density at radius 2 is 1.74 bits per heavy atom. The van der Waals surface area contributed by atoms with E-state index in [0.29, 0.717) is 34.4 Å². The molecule has 166 valence electrons. The Morgan fingerprint density at radius 3 is 2.42 bits per heavy atom. The van der Waals surface area contributed by atoms with E-state index in [9.17, 15) is 9.59 Å². The Labute approximate surface area is 194 Å². The number of halogens is 2. The summed E-state index contributed by atoms with van der Waals surface area (Å²) in [6.07, 6.45) is 1.71. The molecule has 5 nitrogen and oxygen atoms in total. The number of hydrogen-bond donors (Lipinski definition) is 2. The molecule has 7 heteroatoms. The number of carbonyl (C=O) groups is 2. The van der Waals surface area contributed by atoms with E-state index in [4.69, 9.17) is 23.2 Å². The van der Waals surface area contributed by atoms with Gasteiger partial charge in [0.05, 0.1) is 17.2 Å². The number of anilines is 1. The molecule has 0 spiro atoms. The minimum atomic E-state index is -0.363. The summed E-state index contributed by atoms with van der Waals surface area (Å²) in [6, 6.07) is 12.6. The van der Waals surface area contributed by atoms with Crippen LogP contribution in [0.5, 0.6) is 0 Å². The molecule has 0 bridgehead atoms. The Balaban J connectivity index is 1.68. The van der Waals surface area contributed by atoms with Crippen molar-refractivity contribution in [3.63, 3.8) is 0 Å². The highest BCUT2D eigenvalue weighted by Gasteiger charge is 2.28. The molecule has 1 heterocycles. The maximum Gasteiger partial charge on any atom is 0.253 e. The first kappa shape index (κ1) is 23.6. The van der Waals surface area contributed by atoms with Gasteiger partial charge in [0.15, 0.2) is 0 Å². The van der Waals surface area contributed by atoms with Crippen molar-refractivity contribution < 1.29 is 9.59 Å². The molecule has 1 aliphatic rings. The van der Waals surface area contributed by atoms with Crippen LogP contribution in [0.25, 0.3) is 0 Å². The Bertz CT molecular complexity index is 936. The van der Waals surface area contributed by atoms with Crippen LogP contribution in [0.3, 0.4) is 0 Å². The van der Waals surface area contributed by atoms with Gasteiger partial charge in [-0.25, -0.2) is 0 Å². The highest BCUT2D eigenvalue weighted by atomic mass is 35.5. The summed E-state index contributed by atoms with van der Waals surface area (Å²) in [6.45, 7) is 7.88. The van der Waals surface area contributed by atoms with E-state index in [1.54, 1.807) is 18.2 Å². The molecule has 3 rings (SSSR count). The van der Waals surface area contributed by atoms with Crippen LogP contribution in [0.1, 0.15) is 49.5 Å². The molecule has 2 aromatic carbocycles. The van der Waals surface area contributed by atoms with E-state index in [-0.39, 0.29) is 23.3 Å². The van der Waals surface area contributed by atoms with Gasteiger partial charge in [-0.3, -0.25) is 14.5 Å². The predicted molar refractivity (Wildman–Crippen MR) is 127 cm³/mol. The van der Waals surface area contributed by atoms with Crippen LogP contribution in [-0.2, 0) is 11.3 Å². The maximum atomic E-state index is 13.0. The van der Waals surface area contributed by atoms with E-state index in [1.807, 2.05) is 45.0 Å². The minimum Gasteiger partial charge on any atom is -0.347 e. The van der Waals surface area contributed by atoms with Crippen molar-refractivity contribution >= 4 is 40.7 Å². The number of amides is 2. The summed E-state index contributed by atoms with van der Waals surface area (Å²) in [4.78, 5) is 27.9. The van der Waals surface area contributed by atoms with Gasteiger partial charge in [-0.1, -0.05) is 41.4 Å². The van der Waals surface area contributed by atoms with Gasteiger partial charge in [0, 0.05) is 34.2 Å². The van der Waals surface area contributed by atoms with Gasteiger partial charge in [-0.15, -0.1) is 0 Å². The summed E-state index contributed by atoms with van der Waals surface area (Å²) in [5.41, 5.74) is 1.51. The third-order valence-electron chi connectivity index (χ3n) is 5.24. The lowest BCUT2D eigenvalue weighted by Crippen LogP contribution is -2.42. The molecule has 1 fully saturated rings. The van der Waals surface area contributed by atoms with Crippen molar-refractivity contribution in [2.45, 2.75) is 45.7 Å². The number of nitrogens with zero attached hydrogens (tertiary/aromatic N) is 1. The molecule has 2 N–H and O–H groups in total. The molecule has 1 unspecified atom stereocenters. The highest BCUT2D eigenvalue weighted by molar-refractivity contribution is 6.35. The molecule has 0 aliphatic carbocycles. The lowest BCUT2D eigenvalue weighted by Gasteiger charge is -2.32. The summed E-state index contributed by atoms with van der Waals surface area (Å²) < 4.78 is 0. The number of carbonyl (C=O) groups excluding carboxylic acids is 2. The zero-order chi connectivity index (χ0) is 22.6. The van der Waals surface area contributed by atoms with Gasteiger partial charge in [0.25, 0.3) is 5.91 Å². The number of likely N-dealkylation sites (tertiary alicyclic amines) is 1. The first-order chi connectivity index (χ1) is 14.6. The SMILES string of the molecule is CC(C)(C)NC(=O)c1ccccc1NC(=O)C1CCCN(Cc2c(Cl)cccc2Cl)C1. The normalized spacial score (nSPS) is 17.3. The van der Waals surface area contributed by atoms with E-state index >= 15 is 0 Å². The molecule has 1 saturated heterocycles. The van der Waals surface area contributed by atoms with Gasteiger partial charge in [-0.05, 0) is 64.4 Å². The average Bonchev–Trinajstić information content (AvgIpc) is 2.70. The summed E-state index contributed by atoms with van der Waals surface area (Å²) in [5.74, 6) is -0.457. The van der Waals surface area contributed by atoms with Gasteiger partial charge >= 0.3 is 0 Å². The standard InChI is InChI=1S/C24H29Cl2N3O2/c1-24(2,3)28-23(31)17-9-4-5-12-21(17)27-22(30)16-8-7-13-29(14-16)15-18-19(25)10-6-11-20(18)26/h4-6,9-12,16H,7-8,13-15H2,1-3H3,(H,27,30)(H,28,31). The second kappa shape index (κ2) is 10.0. The molecule has 0 saturated carbocycles. The molecule has 1 aliphatic heterocycles. The maximum absolute atomic E-state index is 13.0. The van der Waals surface area contributed by atoms with Crippen LogP contribution in [0.2, 0.25) is 10.0 Å². The van der Waals surface area contributed by atoms with Crippen LogP contribution >= 0.6 is 23.2 Å². The third kappa shape index (κ3) is 6.45. The van der Waals surface area contributed by atoms with Gasteiger partial charge < -0.3 is 10.6 Å². The molecule has 1 atom stereocenters. The summed E-state index contributed by atoms with van der Waals surface area (Å²) in [7, 11) is 0. The molecular formula is C24H29Cl2N3O2. The fourth-order valence-electron chi connectivity index (χ4n) is 3.75. The van der Waals surface area contributed by atoms with E-state index in [1.165, 1.54) is 0 Å².